The Morgan fingerprint density at radius 1 is 1.06 bits per heavy atom. The number of benzene rings is 1. The van der Waals surface area contributed by atoms with Gasteiger partial charge in [-0.25, -0.2) is 19.0 Å². The number of hydrogen-bond acceptors (Lipinski definition) is 6. The quantitative estimate of drug-likeness (QED) is 0.214. The summed E-state index contributed by atoms with van der Waals surface area (Å²) in [6, 6.07) is 11.8. The molecule has 4 fully saturated rings. The van der Waals surface area contributed by atoms with Crippen LogP contribution in [0.2, 0.25) is 0 Å². The highest BCUT2D eigenvalue weighted by molar-refractivity contribution is 6.00. The fourth-order valence-electron chi connectivity index (χ4n) is 8.53. The van der Waals surface area contributed by atoms with E-state index in [9.17, 15) is 9.18 Å². The van der Waals surface area contributed by atoms with Gasteiger partial charge < -0.3 is 18.8 Å². The van der Waals surface area contributed by atoms with Gasteiger partial charge in [0, 0.05) is 54.1 Å². The third-order valence-corrected chi connectivity index (χ3v) is 11.0. The van der Waals surface area contributed by atoms with E-state index in [0.29, 0.717) is 52.9 Å². The number of rotatable bonds is 8. The van der Waals surface area contributed by atoms with E-state index in [1.807, 2.05) is 30.6 Å². The van der Waals surface area contributed by atoms with Gasteiger partial charge in [-0.05, 0) is 79.7 Å². The minimum Gasteiger partial charge on any atom is -0.494 e. The van der Waals surface area contributed by atoms with Crippen molar-refractivity contribution in [2.75, 3.05) is 13.7 Å². The lowest BCUT2D eigenvalue weighted by molar-refractivity contribution is -0.0204. The van der Waals surface area contributed by atoms with Crippen LogP contribution in [-0.4, -0.2) is 64.4 Å². The molecule has 47 heavy (non-hydrogen) atoms. The molecule has 4 atom stereocenters. The van der Waals surface area contributed by atoms with Gasteiger partial charge in [-0.2, -0.15) is 5.10 Å². The molecule has 4 aliphatic rings. The van der Waals surface area contributed by atoms with E-state index in [-0.39, 0.29) is 5.91 Å². The normalized spacial score (nSPS) is 22.8. The van der Waals surface area contributed by atoms with Crippen molar-refractivity contribution < 1.29 is 13.9 Å². The number of imidazole rings is 1. The fourth-order valence-corrected chi connectivity index (χ4v) is 8.53. The standard InChI is InChI=1S/C36H33FN8O2/c1-47-31-11-24(36(46)43-19-25-7-23-10-29(43)32(23)25)8-28-33(31)44(17-21-13-40-45(18-21)27-12-26(37)14-38-15-27)35(41-28)30-9-22-3-2-6-39-34(22)42(30)16-20-4-5-20/h2-3,6,8-9,11-15,18,20,23,25,29,32H,4-5,7,10,16-17,19H2,1H3/t23?,25?,29?,32-/m1/s1. The summed E-state index contributed by atoms with van der Waals surface area (Å²) in [4.78, 5) is 30.1. The minimum atomic E-state index is -0.423. The van der Waals surface area contributed by atoms with Crippen LogP contribution in [0.25, 0.3) is 39.3 Å². The molecule has 1 aromatic carbocycles. The number of ether oxygens (including phenoxy) is 1. The molecule has 0 N–H and O–H groups in total. The van der Waals surface area contributed by atoms with Crippen LogP contribution in [0.15, 0.2) is 67.4 Å². The zero-order valence-electron chi connectivity index (χ0n) is 26.0. The van der Waals surface area contributed by atoms with E-state index in [2.05, 4.69) is 36.2 Å². The van der Waals surface area contributed by atoms with Crippen molar-refractivity contribution in [1.82, 2.24) is 38.8 Å². The Balaban J connectivity index is 1.12. The van der Waals surface area contributed by atoms with E-state index in [1.165, 1.54) is 31.5 Å². The van der Waals surface area contributed by atoms with E-state index < -0.39 is 5.82 Å². The Kier molecular flexibility index (Phi) is 5.75. The third-order valence-electron chi connectivity index (χ3n) is 11.0. The molecule has 3 unspecified atom stereocenters. The first kappa shape index (κ1) is 27.1. The van der Waals surface area contributed by atoms with E-state index >= 15 is 0 Å². The highest BCUT2D eigenvalue weighted by atomic mass is 19.1. The summed E-state index contributed by atoms with van der Waals surface area (Å²) in [7, 11) is 1.65. The van der Waals surface area contributed by atoms with E-state index in [4.69, 9.17) is 14.7 Å². The SMILES string of the molecule is COc1cc(C(=O)N2CC3CC4CC2[C@H]43)cc2nc(-c3cc4cccnc4n3CC3CC3)n(Cc3cnn(-c4cncc(F)c4)c3)c12. The molecule has 3 saturated carbocycles. The van der Waals surface area contributed by atoms with Gasteiger partial charge in [-0.3, -0.25) is 9.78 Å². The number of hydrogen-bond donors (Lipinski definition) is 0. The maximum absolute atomic E-state index is 14.0. The summed E-state index contributed by atoms with van der Waals surface area (Å²) in [5.41, 5.74) is 5.46. The Bertz CT molecular complexity index is 2230. The zero-order chi connectivity index (χ0) is 31.4. The predicted octanol–water partition coefficient (Wildman–Crippen LogP) is 5.72. The Morgan fingerprint density at radius 3 is 2.79 bits per heavy atom. The molecule has 10 rings (SSSR count). The number of aromatic nitrogens is 7. The van der Waals surface area contributed by atoms with Gasteiger partial charge in [0.05, 0.1) is 49.1 Å². The number of fused-ring (bicyclic) bond motifs is 2. The number of halogens is 1. The summed E-state index contributed by atoms with van der Waals surface area (Å²) >= 11 is 0. The molecule has 1 amide bonds. The number of carbonyl (C=O) groups excluding carboxylic acids is 1. The molecule has 6 heterocycles. The lowest BCUT2D eigenvalue weighted by atomic mass is 9.53. The molecule has 6 aromatic rings. The Morgan fingerprint density at radius 2 is 1.98 bits per heavy atom. The van der Waals surface area contributed by atoms with Crippen molar-refractivity contribution >= 4 is 28.0 Å². The second-order valence-electron chi connectivity index (χ2n) is 13.8. The first-order valence-corrected chi connectivity index (χ1v) is 16.5. The first-order chi connectivity index (χ1) is 23.0. The molecule has 236 valence electrons. The summed E-state index contributed by atoms with van der Waals surface area (Å²) in [6.45, 7) is 2.14. The third kappa shape index (κ3) is 4.17. The fraction of sp³-hybridized carbons (Fsp3) is 0.361. The number of nitrogens with zero attached hydrogens (tertiary/aromatic N) is 8. The lowest BCUT2D eigenvalue weighted by Crippen LogP contribution is -2.53. The van der Waals surface area contributed by atoms with Crippen molar-refractivity contribution in [1.29, 1.82) is 0 Å². The second kappa shape index (κ2) is 9.97. The molecule has 11 heteroatoms. The van der Waals surface area contributed by atoms with Gasteiger partial charge in [0.25, 0.3) is 5.91 Å². The second-order valence-corrected chi connectivity index (χ2v) is 13.8. The maximum Gasteiger partial charge on any atom is 0.254 e. The van der Waals surface area contributed by atoms with Gasteiger partial charge in [-0.1, -0.05) is 0 Å². The van der Waals surface area contributed by atoms with Crippen LogP contribution < -0.4 is 4.74 Å². The van der Waals surface area contributed by atoms with Crippen molar-refractivity contribution in [3.63, 3.8) is 0 Å². The average Bonchev–Trinajstić information content (AvgIpc) is 3.46. The van der Waals surface area contributed by atoms with Crippen molar-refractivity contribution in [3.8, 4) is 23.0 Å². The van der Waals surface area contributed by atoms with Crippen LogP contribution in [-0.2, 0) is 13.1 Å². The molecule has 1 aliphatic heterocycles. The van der Waals surface area contributed by atoms with E-state index in [0.717, 1.165) is 59.1 Å². The van der Waals surface area contributed by atoms with Crippen LogP contribution in [0.3, 0.4) is 0 Å². The van der Waals surface area contributed by atoms with Crippen LogP contribution in [0.4, 0.5) is 4.39 Å². The molecule has 0 spiro atoms. The molecule has 5 aromatic heterocycles. The number of pyridine rings is 2. The summed E-state index contributed by atoms with van der Waals surface area (Å²) in [5.74, 6) is 3.79. The van der Waals surface area contributed by atoms with Crippen LogP contribution >= 0.6 is 0 Å². The summed E-state index contributed by atoms with van der Waals surface area (Å²) < 4.78 is 26.1. The molecule has 10 nitrogen and oxygen atoms in total. The predicted molar refractivity (Wildman–Crippen MR) is 173 cm³/mol. The van der Waals surface area contributed by atoms with Crippen LogP contribution in [0.1, 0.15) is 41.6 Å². The molecule has 0 radical (unpaired) electrons. The van der Waals surface area contributed by atoms with E-state index in [1.54, 1.807) is 24.2 Å². The molecular formula is C36H33FN8O2. The van der Waals surface area contributed by atoms with Crippen LogP contribution in [0.5, 0.6) is 5.75 Å². The Hall–Kier alpha value is -5.06. The maximum atomic E-state index is 14.0. The minimum absolute atomic E-state index is 0.0659. The van der Waals surface area contributed by atoms with Gasteiger partial charge in [-0.15, -0.1) is 0 Å². The van der Waals surface area contributed by atoms with Gasteiger partial charge in [0.15, 0.2) is 5.82 Å². The number of carbonyl (C=O) groups is 1. The largest absolute Gasteiger partial charge is 0.494 e. The number of amides is 1. The Labute approximate surface area is 269 Å². The number of likely N-dealkylation sites (tertiary alicyclic amines) is 1. The summed E-state index contributed by atoms with van der Waals surface area (Å²) in [5, 5.41) is 5.58. The molecular weight excluding hydrogens is 595 g/mol. The number of methoxy groups -OCH3 is 1. The van der Waals surface area contributed by atoms with Gasteiger partial charge in [0.1, 0.15) is 22.7 Å². The topological polar surface area (TPSA) is 95.9 Å². The smallest absolute Gasteiger partial charge is 0.254 e. The highest BCUT2D eigenvalue weighted by Gasteiger charge is 2.61. The lowest BCUT2D eigenvalue weighted by Gasteiger charge is -2.52. The van der Waals surface area contributed by atoms with Crippen molar-refractivity contribution in [2.24, 2.45) is 23.7 Å². The molecule has 3 aliphatic carbocycles. The molecule has 0 bridgehead atoms. The van der Waals surface area contributed by atoms with Crippen molar-refractivity contribution in [2.45, 2.75) is 44.8 Å². The zero-order valence-corrected chi connectivity index (χ0v) is 26.0. The van der Waals surface area contributed by atoms with Crippen molar-refractivity contribution in [3.05, 3.63) is 84.3 Å². The van der Waals surface area contributed by atoms with Gasteiger partial charge >= 0.3 is 0 Å². The van der Waals surface area contributed by atoms with Crippen LogP contribution in [0, 0.1) is 29.5 Å². The molecule has 1 saturated heterocycles. The first-order valence-electron chi connectivity index (χ1n) is 16.5. The monoisotopic (exact) mass is 628 g/mol. The average molecular weight is 629 g/mol. The highest BCUT2D eigenvalue weighted by Crippen LogP contribution is 2.60. The van der Waals surface area contributed by atoms with Gasteiger partial charge in [0.2, 0.25) is 0 Å². The summed E-state index contributed by atoms with van der Waals surface area (Å²) in [6.07, 6.45) is 13.1.